The van der Waals surface area contributed by atoms with Crippen molar-refractivity contribution >= 4 is 6.09 Å². The maximum atomic E-state index is 11.1. The number of piperazine rings is 1. The molecule has 0 aromatic carbocycles. The van der Waals surface area contributed by atoms with Crippen molar-refractivity contribution in [1.29, 1.82) is 0 Å². The van der Waals surface area contributed by atoms with Crippen molar-refractivity contribution in [1.82, 2.24) is 10.2 Å². The van der Waals surface area contributed by atoms with Crippen molar-refractivity contribution < 1.29 is 9.90 Å². The lowest BCUT2D eigenvalue weighted by Crippen LogP contribution is -2.60. The summed E-state index contributed by atoms with van der Waals surface area (Å²) in [7, 11) is 0. The van der Waals surface area contributed by atoms with Gasteiger partial charge >= 0.3 is 6.09 Å². The van der Waals surface area contributed by atoms with Gasteiger partial charge in [-0.25, -0.2) is 4.79 Å². The van der Waals surface area contributed by atoms with Crippen LogP contribution in [0.1, 0.15) is 27.2 Å². The Labute approximate surface area is 84.3 Å². The van der Waals surface area contributed by atoms with Gasteiger partial charge in [0.2, 0.25) is 0 Å². The van der Waals surface area contributed by atoms with Crippen molar-refractivity contribution in [2.24, 2.45) is 5.41 Å². The summed E-state index contributed by atoms with van der Waals surface area (Å²) in [4.78, 5) is 12.8. The molecule has 2 atom stereocenters. The zero-order valence-electron chi connectivity index (χ0n) is 9.00. The Balaban J connectivity index is 2.35. The Bertz CT molecular complexity index is 272. The van der Waals surface area contributed by atoms with Gasteiger partial charge in [-0.2, -0.15) is 0 Å². The molecule has 2 rings (SSSR count). The van der Waals surface area contributed by atoms with Crippen LogP contribution in [0.4, 0.5) is 4.79 Å². The molecule has 0 aromatic rings. The normalized spacial score (nSPS) is 36.5. The maximum Gasteiger partial charge on any atom is 0.407 e. The van der Waals surface area contributed by atoms with E-state index in [2.05, 4.69) is 26.1 Å². The standard InChI is InChI=1S/C10H18N2O2/c1-9(2,3)10-4-7(11-6-10)5-12(10)8(13)14/h7,11H,4-6H2,1-3H3,(H,13,14)/t7-,10+/m0/s1. The predicted octanol–water partition coefficient (Wildman–Crippen LogP) is 1.13. The number of likely N-dealkylation sites (tertiary alicyclic amines) is 1. The molecule has 0 unspecified atom stereocenters. The Kier molecular flexibility index (Phi) is 1.83. The fourth-order valence-electron chi connectivity index (χ4n) is 2.83. The van der Waals surface area contributed by atoms with Crippen LogP contribution < -0.4 is 5.32 Å². The Morgan fingerprint density at radius 1 is 1.57 bits per heavy atom. The van der Waals surface area contributed by atoms with E-state index in [1.807, 2.05) is 0 Å². The minimum Gasteiger partial charge on any atom is -0.465 e. The number of rotatable bonds is 0. The summed E-state index contributed by atoms with van der Waals surface area (Å²) >= 11 is 0. The fourth-order valence-corrected chi connectivity index (χ4v) is 2.83. The highest BCUT2D eigenvalue weighted by atomic mass is 16.4. The third kappa shape index (κ3) is 1.06. The number of fused-ring (bicyclic) bond motifs is 2. The summed E-state index contributed by atoms with van der Waals surface area (Å²) < 4.78 is 0. The molecule has 0 saturated carbocycles. The van der Waals surface area contributed by atoms with Gasteiger partial charge in [-0.1, -0.05) is 20.8 Å². The van der Waals surface area contributed by atoms with Crippen LogP contribution in [0.3, 0.4) is 0 Å². The molecule has 2 N–H and O–H groups in total. The molecule has 0 radical (unpaired) electrons. The van der Waals surface area contributed by atoms with Crippen molar-refractivity contribution in [3.05, 3.63) is 0 Å². The minimum absolute atomic E-state index is 0.00361. The molecule has 80 valence electrons. The fraction of sp³-hybridized carbons (Fsp3) is 0.900. The van der Waals surface area contributed by atoms with E-state index in [9.17, 15) is 4.79 Å². The van der Waals surface area contributed by atoms with Gasteiger partial charge in [0.05, 0.1) is 5.54 Å². The van der Waals surface area contributed by atoms with Gasteiger partial charge in [0.15, 0.2) is 0 Å². The van der Waals surface area contributed by atoms with E-state index in [0.717, 1.165) is 13.0 Å². The van der Waals surface area contributed by atoms with E-state index in [-0.39, 0.29) is 11.0 Å². The van der Waals surface area contributed by atoms with Gasteiger partial charge in [-0.05, 0) is 11.8 Å². The Morgan fingerprint density at radius 3 is 2.57 bits per heavy atom. The average molecular weight is 198 g/mol. The number of nitrogens with one attached hydrogen (secondary N) is 1. The first kappa shape index (κ1) is 9.77. The summed E-state index contributed by atoms with van der Waals surface area (Å²) in [6, 6.07) is 0.366. The summed E-state index contributed by atoms with van der Waals surface area (Å²) in [5.74, 6) is 0. The molecule has 2 saturated heterocycles. The predicted molar refractivity (Wildman–Crippen MR) is 53.3 cm³/mol. The summed E-state index contributed by atoms with van der Waals surface area (Å²) in [5, 5.41) is 12.5. The van der Waals surface area contributed by atoms with Crippen LogP contribution in [0.15, 0.2) is 0 Å². The monoisotopic (exact) mass is 198 g/mol. The lowest BCUT2D eigenvalue weighted by molar-refractivity contribution is 0.0318. The average Bonchev–Trinajstić information content (AvgIpc) is 2.58. The Hall–Kier alpha value is -0.770. The molecule has 4 nitrogen and oxygen atoms in total. The van der Waals surface area contributed by atoms with Crippen molar-refractivity contribution in [3.8, 4) is 0 Å². The van der Waals surface area contributed by atoms with E-state index >= 15 is 0 Å². The van der Waals surface area contributed by atoms with Crippen LogP contribution in [0, 0.1) is 5.41 Å². The van der Waals surface area contributed by atoms with E-state index in [0.29, 0.717) is 12.6 Å². The first-order valence-corrected chi connectivity index (χ1v) is 5.11. The molecule has 2 bridgehead atoms. The van der Waals surface area contributed by atoms with Crippen molar-refractivity contribution in [3.63, 3.8) is 0 Å². The summed E-state index contributed by atoms with van der Waals surface area (Å²) in [5.41, 5.74) is -0.187. The second-order valence-electron chi connectivity index (χ2n) is 5.46. The summed E-state index contributed by atoms with van der Waals surface area (Å²) in [6.07, 6.45) is 0.187. The largest absolute Gasteiger partial charge is 0.465 e. The molecule has 1 amide bonds. The molecule has 4 heteroatoms. The smallest absolute Gasteiger partial charge is 0.407 e. The van der Waals surface area contributed by atoms with E-state index in [1.54, 1.807) is 4.90 Å². The molecule has 0 spiro atoms. The first-order valence-electron chi connectivity index (χ1n) is 5.11. The second kappa shape index (κ2) is 2.63. The quantitative estimate of drug-likeness (QED) is 0.613. The molecular weight excluding hydrogens is 180 g/mol. The number of amides is 1. The zero-order chi connectivity index (χ0) is 10.6. The van der Waals surface area contributed by atoms with Crippen LogP contribution in [0.25, 0.3) is 0 Å². The number of nitrogens with zero attached hydrogens (tertiary/aromatic N) is 1. The minimum atomic E-state index is -0.774. The van der Waals surface area contributed by atoms with Crippen LogP contribution >= 0.6 is 0 Å². The van der Waals surface area contributed by atoms with Crippen LogP contribution in [0.5, 0.6) is 0 Å². The third-order valence-corrected chi connectivity index (χ3v) is 3.81. The second-order valence-corrected chi connectivity index (χ2v) is 5.46. The third-order valence-electron chi connectivity index (χ3n) is 3.81. The summed E-state index contributed by atoms with van der Waals surface area (Å²) in [6.45, 7) is 7.81. The lowest BCUT2D eigenvalue weighted by Gasteiger charge is -2.46. The maximum absolute atomic E-state index is 11.1. The molecule has 2 heterocycles. The topological polar surface area (TPSA) is 52.6 Å². The van der Waals surface area contributed by atoms with Gasteiger partial charge in [0.1, 0.15) is 0 Å². The van der Waals surface area contributed by atoms with Crippen LogP contribution in [-0.2, 0) is 0 Å². The van der Waals surface area contributed by atoms with E-state index < -0.39 is 6.09 Å². The molecular formula is C10H18N2O2. The van der Waals surface area contributed by atoms with E-state index in [1.165, 1.54) is 0 Å². The number of carboxylic acid groups (broad SMARTS) is 1. The highest BCUT2D eigenvalue weighted by molar-refractivity contribution is 5.67. The SMILES string of the molecule is CC(C)(C)[C@@]12CN[C@H](CN1C(=O)O)C2. The number of hydrogen-bond acceptors (Lipinski definition) is 2. The molecule has 0 aromatic heterocycles. The molecule has 2 fully saturated rings. The zero-order valence-corrected chi connectivity index (χ0v) is 9.00. The van der Waals surface area contributed by atoms with Crippen molar-refractivity contribution in [2.75, 3.05) is 13.1 Å². The van der Waals surface area contributed by atoms with Crippen LogP contribution in [-0.4, -0.2) is 40.8 Å². The van der Waals surface area contributed by atoms with Gasteiger partial charge in [0.25, 0.3) is 0 Å². The van der Waals surface area contributed by atoms with Gasteiger partial charge in [-0.3, -0.25) is 4.90 Å². The van der Waals surface area contributed by atoms with Gasteiger partial charge in [0, 0.05) is 19.1 Å². The highest BCUT2D eigenvalue weighted by Crippen LogP contribution is 2.46. The molecule has 2 aliphatic heterocycles. The Morgan fingerprint density at radius 2 is 2.21 bits per heavy atom. The molecule has 2 aliphatic rings. The van der Waals surface area contributed by atoms with Crippen LogP contribution in [0.2, 0.25) is 0 Å². The van der Waals surface area contributed by atoms with Gasteiger partial charge in [-0.15, -0.1) is 0 Å². The lowest BCUT2D eigenvalue weighted by atomic mass is 9.73. The first-order chi connectivity index (χ1) is 6.37. The molecule has 14 heavy (non-hydrogen) atoms. The van der Waals surface area contributed by atoms with Gasteiger partial charge < -0.3 is 10.4 Å². The van der Waals surface area contributed by atoms with E-state index in [4.69, 9.17) is 5.11 Å². The molecule has 0 aliphatic carbocycles. The highest BCUT2D eigenvalue weighted by Gasteiger charge is 2.58. The number of hydrogen-bond donors (Lipinski definition) is 2. The number of carbonyl (C=O) groups is 1. The van der Waals surface area contributed by atoms with Crippen molar-refractivity contribution in [2.45, 2.75) is 38.8 Å².